The molecule has 0 aliphatic carbocycles. The predicted molar refractivity (Wildman–Crippen MR) is 73.9 cm³/mol. The van der Waals surface area contributed by atoms with Crippen molar-refractivity contribution in [3.05, 3.63) is 36.0 Å². The van der Waals surface area contributed by atoms with Crippen molar-refractivity contribution in [1.29, 1.82) is 5.26 Å². The molecule has 1 atom stereocenters. The molecule has 1 heterocycles. The maximum absolute atomic E-state index is 11.3. The van der Waals surface area contributed by atoms with Gasteiger partial charge in [-0.25, -0.2) is 0 Å². The normalized spacial score (nSPS) is 12.1. The summed E-state index contributed by atoms with van der Waals surface area (Å²) in [5, 5.41) is 19.8. The molecule has 2 aromatic rings. The molecule has 2 rings (SSSR count). The Balaban J connectivity index is 2.13. The van der Waals surface area contributed by atoms with Gasteiger partial charge in [0.1, 0.15) is 0 Å². The fourth-order valence-corrected chi connectivity index (χ4v) is 2.12. The Morgan fingerprint density at radius 1 is 1.50 bits per heavy atom. The summed E-state index contributed by atoms with van der Waals surface area (Å²) in [6.45, 7) is 2.33. The van der Waals surface area contributed by atoms with Gasteiger partial charge in [-0.2, -0.15) is 5.26 Å². The summed E-state index contributed by atoms with van der Waals surface area (Å²) in [6, 6.07) is 9.38. The summed E-state index contributed by atoms with van der Waals surface area (Å²) in [5.41, 5.74) is 1.43. The van der Waals surface area contributed by atoms with Crippen LogP contribution < -0.4 is 0 Å². The maximum Gasteiger partial charge on any atom is 0.308 e. The molecule has 0 saturated carbocycles. The van der Waals surface area contributed by atoms with E-state index < -0.39 is 12.1 Å². The van der Waals surface area contributed by atoms with Crippen LogP contribution in [0.2, 0.25) is 0 Å². The van der Waals surface area contributed by atoms with Crippen molar-refractivity contribution in [3.8, 4) is 6.07 Å². The number of carbonyl (C=O) groups is 1. The molecule has 0 aliphatic heterocycles. The first-order chi connectivity index (χ1) is 9.63. The highest BCUT2D eigenvalue weighted by Crippen LogP contribution is 2.18. The smallest absolute Gasteiger partial charge is 0.308 e. The Labute approximate surface area is 117 Å². The molecular formula is C15H16N2O3. The number of hydrogen-bond donors (Lipinski definition) is 1. The first-order valence-electron chi connectivity index (χ1n) is 6.46. The van der Waals surface area contributed by atoms with Gasteiger partial charge >= 0.3 is 5.97 Å². The van der Waals surface area contributed by atoms with E-state index in [4.69, 9.17) is 10.00 Å². The molecule has 1 N–H and O–H groups in total. The zero-order chi connectivity index (χ0) is 14.5. The van der Waals surface area contributed by atoms with Gasteiger partial charge in [0.05, 0.1) is 30.8 Å². The topological polar surface area (TPSA) is 75.2 Å². The van der Waals surface area contributed by atoms with E-state index in [2.05, 4.69) is 6.07 Å². The van der Waals surface area contributed by atoms with Crippen LogP contribution in [0.15, 0.2) is 30.5 Å². The third kappa shape index (κ3) is 3.16. The van der Waals surface area contributed by atoms with Crippen molar-refractivity contribution < 1.29 is 14.6 Å². The first-order valence-corrected chi connectivity index (χ1v) is 6.46. The monoisotopic (exact) mass is 272 g/mol. The number of nitrogens with zero attached hydrogens (tertiary/aromatic N) is 2. The SMILES string of the molecule is CCOC(=O)CC(O)Cn1ccc2ccc(C#N)cc21. The van der Waals surface area contributed by atoms with Crippen LogP contribution in [-0.4, -0.2) is 28.4 Å². The molecule has 0 radical (unpaired) electrons. The molecule has 0 fully saturated rings. The number of aliphatic hydroxyl groups excluding tert-OH is 1. The highest BCUT2D eigenvalue weighted by Gasteiger charge is 2.13. The van der Waals surface area contributed by atoms with Gasteiger partial charge in [-0.05, 0) is 30.5 Å². The molecule has 5 nitrogen and oxygen atoms in total. The molecule has 0 saturated heterocycles. The third-order valence-corrected chi connectivity index (χ3v) is 3.02. The van der Waals surface area contributed by atoms with Crippen molar-refractivity contribution in [3.63, 3.8) is 0 Å². The summed E-state index contributed by atoms with van der Waals surface area (Å²) in [5.74, 6) is -0.408. The second kappa shape index (κ2) is 6.22. The van der Waals surface area contributed by atoms with Gasteiger partial charge in [-0.1, -0.05) is 6.07 Å². The number of esters is 1. The standard InChI is InChI=1S/C15H16N2O3/c1-2-20-15(19)8-13(18)10-17-6-5-12-4-3-11(9-16)7-14(12)17/h3-7,13,18H,2,8,10H2,1H3. The van der Waals surface area contributed by atoms with E-state index in [1.165, 1.54) is 0 Å². The summed E-state index contributed by atoms with van der Waals surface area (Å²) in [7, 11) is 0. The largest absolute Gasteiger partial charge is 0.466 e. The zero-order valence-corrected chi connectivity index (χ0v) is 11.2. The Hall–Kier alpha value is -2.32. The molecular weight excluding hydrogens is 256 g/mol. The summed E-state index contributed by atoms with van der Waals surface area (Å²) >= 11 is 0. The number of aliphatic hydroxyl groups is 1. The number of rotatable bonds is 5. The molecule has 1 unspecified atom stereocenters. The Morgan fingerprint density at radius 3 is 3.00 bits per heavy atom. The predicted octanol–water partition coefficient (Wildman–Crippen LogP) is 1.83. The lowest BCUT2D eigenvalue weighted by Gasteiger charge is -2.12. The Bertz CT molecular complexity index is 655. The van der Waals surface area contributed by atoms with E-state index in [0.29, 0.717) is 12.2 Å². The average molecular weight is 272 g/mol. The van der Waals surface area contributed by atoms with E-state index >= 15 is 0 Å². The molecule has 0 amide bonds. The van der Waals surface area contributed by atoms with Gasteiger partial charge in [0, 0.05) is 18.3 Å². The van der Waals surface area contributed by atoms with Gasteiger partial charge in [0.15, 0.2) is 0 Å². The Kier molecular flexibility index (Phi) is 4.38. The summed E-state index contributed by atoms with van der Waals surface area (Å²) in [6.07, 6.45) is 0.987. The van der Waals surface area contributed by atoms with Gasteiger partial charge in [0.2, 0.25) is 0 Å². The molecule has 1 aromatic heterocycles. The number of aromatic nitrogens is 1. The molecule has 0 aliphatic rings. The van der Waals surface area contributed by atoms with Crippen LogP contribution in [0.3, 0.4) is 0 Å². The van der Waals surface area contributed by atoms with Gasteiger partial charge in [0.25, 0.3) is 0 Å². The van der Waals surface area contributed by atoms with Crippen LogP contribution in [-0.2, 0) is 16.1 Å². The van der Waals surface area contributed by atoms with E-state index in [9.17, 15) is 9.90 Å². The lowest BCUT2D eigenvalue weighted by Crippen LogP contribution is -2.20. The minimum atomic E-state index is -0.810. The molecule has 5 heteroatoms. The number of nitriles is 1. The van der Waals surface area contributed by atoms with Crippen LogP contribution in [0.25, 0.3) is 10.9 Å². The second-order valence-electron chi connectivity index (χ2n) is 4.52. The minimum Gasteiger partial charge on any atom is -0.466 e. The quantitative estimate of drug-likeness (QED) is 0.842. The second-order valence-corrected chi connectivity index (χ2v) is 4.52. The van der Waals surface area contributed by atoms with Crippen LogP contribution in [0.1, 0.15) is 18.9 Å². The number of fused-ring (bicyclic) bond motifs is 1. The fourth-order valence-electron chi connectivity index (χ4n) is 2.12. The number of hydrogen-bond acceptors (Lipinski definition) is 4. The van der Waals surface area contributed by atoms with E-state index in [0.717, 1.165) is 10.9 Å². The van der Waals surface area contributed by atoms with Crippen molar-refractivity contribution >= 4 is 16.9 Å². The van der Waals surface area contributed by atoms with E-state index in [1.807, 2.05) is 22.9 Å². The van der Waals surface area contributed by atoms with Crippen molar-refractivity contribution in [2.75, 3.05) is 6.61 Å². The molecule has 20 heavy (non-hydrogen) atoms. The van der Waals surface area contributed by atoms with Crippen molar-refractivity contribution in [1.82, 2.24) is 4.57 Å². The lowest BCUT2D eigenvalue weighted by molar-refractivity contribution is -0.145. The third-order valence-electron chi connectivity index (χ3n) is 3.02. The van der Waals surface area contributed by atoms with Crippen LogP contribution in [0.4, 0.5) is 0 Å². The van der Waals surface area contributed by atoms with Gasteiger partial charge in [-0.3, -0.25) is 4.79 Å². The number of benzene rings is 1. The molecule has 0 bridgehead atoms. The van der Waals surface area contributed by atoms with Crippen LogP contribution in [0, 0.1) is 11.3 Å². The fraction of sp³-hybridized carbons (Fsp3) is 0.333. The highest BCUT2D eigenvalue weighted by molar-refractivity contribution is 5.81. The summed E-state index contributed by atoms with van der Waals surface area (Å²) in [4.78, 5) is 11.3. The molecule has 0 spiro atoms. The summed E-state index contributed by atoms with van der Waals surface area (Å²) < 4.78 is 6.64. The van der Waals surface area contributed by atoms with Crippen molar-refractivity contribution in [2.45, 2.75) is 26.0 Å². The maximum atomic E-state index is 11.3. The average Bonchev–Trinajstić information content (AvgIpc) is 2.81. The zero-order valence-electron chi connectivity index (χ0n) is 11.2. The van der Waals surface area contributed by atoms with E-state index in [-0.39, 0.29) is 13.0 Å². The molecule has 1 aromatic carbocycles. The van der Waals surface area contributed by atoms with Gasteiger partial charge in [-0.15, -0.1) is 0 Å². The Morgan fingerprint density at radius 2 is 2.30 bits per heavy atom. The number of carbonyl (C=O) groups excluding carboxylic acids is 1. The van der Waals surface area contributed by atoms with Crippen LogP contribution >= 0.6 is 0 Å². The number of ether oxygens (including phenoxy) is 1. The highest BCUT2D eigenvalue weighted by atomic mass is 16.5. The van der Waals surface area contributed by atoms with Gasteiger partial charge < -0.3 is 14.4 Å². The van der Waals surface area contributed by atoms with Crippen molar-refractivity contribution in [2.24, 2.45) is 0 Å². The van der Waals surface area contributed by atoms with Crippen LogP contribution in [0.5, 0.6) is 0 Å². The lowest BCUT2D eigenvalue weighted by atomic mass is 10.2. The molecule has 104 valence electrons. The van der Waals surface area contributed by atoms with E-state index in [1.54, 1.807) is 19.1 Å². The minimum absolute atomic E-state index is 0.0363. The first kappa shape index (κ1) is 14.1.